The molecule has 38 heavy (non-hydrogen) atoms. The fourth-order valence-electron chi connectivity index (χ4n) is 4.54. The molecule has 2 aromatic carbocycles. The predicted octanol–water partition coefficient (Wildman–Crippen LogP) is 1.85. The molecular weight excluding hydrogens is 496 g/mol. The summed E-state index contributed by atoms with van der Waals surface area (Å²) in [5, 5.41) is 0. The quantitative estimate of drug-likeness (QED) is 0.187. The predicted molar refractivity (Wildman–Crippen MR) is 130 cm³/mol. The van der Waals surface area contributed by atoms with Crippen LogP contribution in [0, 0.1) is 0 Å². The Hall–Kier alpha value is -4.38. The highest BCUT2D eigenvalue weighted by atomic mass is 16.6. The number of nitrogens with zero attached hydrogens (tertiary/aromatic N) is 2. The van der Waals surface area contributed by atoms with Crippen LogP contribution in [-0.2, 0) is 23.8 Å². The molecule has 0 aromatic heterocycles. The summed E-state index contributed by atoms with van der Waals surface area (Å²) >= 11 is 0. The molecule has 0 fully saturated rings. The van der Waals surface area contributed by atoms with Gasteiger partial charge in [0.05, 0.1) is 55.2 Å². The molecule has 0 N–H and O–H groups in total. The minimum atomic E-state index is -2.44. The molecule has 11 heteroatoms. The van der Waals surface area contributed by atoms with E-state index in [1.54, 1.807) is 36.4 Å². The van der Waals surface area contributed by atoms with E-state index in [1.165, 1.54) is 26.0 Å². The Morgan fingerprint density at radius 2 is 1.11 bits per heavy atom. The van der Waals surface area contributed by atoms with E-state index in [1.807, 2.05) is 0 Å². The van der Waals surface area contributed by atoms with Crippen molar-refractivity contribution in [3.8, 4) is 0 Å². The average Bonchev–Trinajstić information content (AvgIpc) is 3.32. The number of carbonyl (C=O) groups is 6. The molecule has 2 aromatic rings. The van der Waals surface area contributed by atoms with Gasteiger partial charge >= 0.3 is 11.9 Å². The molecule has 2 aliphatic rings. The van der Waals surface area contributed by atoms with Gasteiger partial charge in [0.25, 0.3) is 23.6 Å². The van der Waals surface area contributed by atoms with Crippen LogP contribution in [0.2, 0.25) is 0 Å². The third kappa shape index (κ3) is 4.34. The van der Waals surface area contributed by atoms with Gasteiger partial charge in [-0.1, -0.05) is 24.3 Å². The van der Waals surface area contributed by atoms with Crippen LogP contribution in [0.1, 0.15) is 61.7 Å². The number of ether oxygens (including phenoxy) is 3. The van der Waals surface area contributed by atoms with Crippen molar-refractivity contribution in [2.24, 2.45) is 0 Å². The Morgan fingerprint density at radius 3 is 1.53 bits per heavy atom. The van der Waals surface area contributed by atoms with Crippen molar-refractivity contribution in [2.45, 2.75) is 25.8 Å². The zero-order valence-electron chi connectivity index (χ0n) is 20.9. The third-order valence-electron chi connectivity index (χ3n) is 6.35. The van der Waals surface area contributed by atoms with Crippen LogP contribution < -0.4 is 0 Å². The number of fused-ring (bicyclic) bond motifs is 2. The third-order valence-corrected chi connectivity index (χ3v) is 6.35. The normalized spacial score (nSPS) is 14.6. The maximum atomic E-state index is 13.3. The first-order valence-corrected chi connectivity index (χ1v) is 12.1. The number of benzene rings is 2. The van der Waals surface area contributed by atoms with Crippen LogP contribution in [0.4, 0.5) is 0 Å². The zero-order valence-corrected chi connectivity index (χ0v) is 20.9. The van der Waals surface area contributed by atoms with E-state index < -0.39 is 47.5 Å². The minimum Gasteiger partial charge on any atom is -0.464 e. The van der Waals surface area contributed by atoms with Gasteiger partial charge in [0, 0.05) is 6.42 Å². The second kappa shape index (κ2) is 10.9. The van der Waals surface area contributed by atoms with Crippen LogP contribution >= 0.6 is 0 Å². The number of imide groups is 2. The Kier molecular flexibility index (Phi) is 7.67. The van der Waals surface area contributed by atoms with E-state index >= 15 is 0 Å². The van der Waals surface area contributed by atoms with Crippen molar-refractivity contribution in [2.75, 3.05) is 33.0 Å². The molecule has 0 unspecified atom stereocenters. The maximum absolute atomic E-state index is 13.3. The molecule has 0 aliphatic carbocycles. The summed E-state index contributed by atoms with van der Waals surface area (Å²) in [6.45, 7) is 2.31. The van der Waals surface area contributed by atoms with Gasteiger partial charge in [0.15, 0.2) is 0 Å². The lowest BCUT2D eigenvalue weighted by molar-refractivity contribution is -0.172. The van der Waals surface area contributed by atoms with Crippen molar-refractivity contribution < 1.29 is 43.0 Å². The van der Waals surface area contributed by atoms with E-state index in [0.29, 0.717) is 16.0 Å². The molecule has 0 spiro atoms. The van der Waals surface area contributed by atoms with Crippen LogP contribution in [0.3, 0.4) is 0 Å². The number of amides is 4. The molecule has 0 saturated carbocycles. The highest BCUT2D eigenvalue weighted by molar-refractivity contribution is 6.26. The van der Waals surface area contributed by atoms with E-state index in [-0.39, 0.29) is 44.1 Å². The highest BCUT2D eigenvalue weighted by Crippen LogP contribution is 2.34. The zero-order chi connectivity index (χ0) is 27.4. The van der Waals surface area contributed by atoms with Crippen LogP contribution in [-0.4, -0.2) is 83.9 Å². The van der Waals surface area contributed by atoms with Crippen LogP contribution in [0.25, 0.3) is 0 Å². The van der Waals surface area contributed by atoms with Crippen molar-refractivity contribution in [1.29, 1.82) is 0 Å². The average molecular weight is 523 g/mol. The van der Waals surface area contributed by atoms with Crippen LogP contribution in [0.5, 0.6) is 0 Å². The molecule has 0 radical (unpaired) electrons. The Morgan fingerprint density at radius 1 is 0.684 bits per heavy atom. The summed E-state index contributed by atoms with van der Waals surface area (Å²) in [4.78, 5) is 79.8. The highest BCUT2D eigenvalue weighted by Gasteiger charge is 2.60. The van der Waals surface area contributed by atoms with E-state index in [9.17, 15) is 28.8 Å². The molecule has 2 aliphatic heterocycles. The minimum absolute atomic E-state index is 0.0435. The van der Waals surface area contributed by atoms with Crippen molar-refractivity contribution in [3.63, 3.8) is 0 Å². The lowest BCUT2D eigenvalue weighted by Crippen LogP contribution is -2.64. The number of hydrogen-bond acceptors (Lipinski definition) is 9. The molecule has 2 heterocycles. The number of rotatable bonds is 11. The fraction of sp³-hybridized carbons (Fsp3) is 0.333. The summed E-state index contributed by atoms with van der Waals surface area (Å²) in [7, 11) is 0. The van der Waals surface area contributed by atoms with Gasteiger partial charge in [-0.3, -0.25) is 24.1 Å². The topological polar surface area (TPSA) is 137 Å². The molecule has 198 valence electrons. The molecule has 4 amide bonds. The lowest BCUT2D eigenvalue weighted by Gasteiger charge is -2.35. The second-order valence-electron chi connectivity index (χ2n) is 8.46. The number of hydrogen-bond donors (Lipinski definition) is 0. The Labute approximate surface area is 218 Å². The Bertz CT molecular complexity index is 1230. The summed E-state index contributed by atoms with van der Waals surface area (Å²) in [5.74, 6) is -4.83. The van der Waals surface area contributed by atoms with E-state index in [0.717, 1.165) is 4.90 Å². The summed E-state index contributed by atoms with van der Waals surface area (Å²) in [6, 6.07) is 12.4. The molecular formula is C27H26N2O9. The van der Waals surface area contributed by atoms with E-state index in [4.69, 9.17) is 14.2 Å². The first-order valence-electron chi connectivity index (χ1n) is 12.1. The van der Waals surface area contributed by atoms with Crippen molar-refractivity contribution in [1.82, 2.24) is 9.80 Å². The lowest BCUT2D eigenvalue weighted by atomic mass is 9.92. The Balaban J connectivity index is 1.53. The first-order chi connectivity index (χ1) is 18.3. The standard InChI is InChI=1S/C27H26N2O9/c1-3-37-25(34)27(26(35)38-4-2,29-23(32)19-11-7-8-12-20(19)24(29)33)13-15-36-16-14-28-21(30)17-9-5-6-10-18(17)22(28)31/h5-12H,3-4,13-16H2,1-2H3. The van der Waals surface area contributed by atoms with Gasteiger partial charge < -0.3 is 14.2 Å². The number of esters is 2. The van der Waals surface area contributed by atoms with Gasteiger partial charge in [-0.15, -0.1) is 0 Å². The molecule has 0 atom stereocenters. The molecule has 0 bridgehead atoms. The SMILES string of the molecule is CCOC(=O)C(CCOCCN1C(=O)c2ccccc2C1=O)(C(=O)OCC)N1C(=O)c2ccccc2C1=O. The van der Waals surface area contributed by atoms with Gasteiger partial charge in [0.1, 0.15) is 0 Å². The van der Waals surface area contributed by atoms with Crippen molar-refractivity contribution in [3.05, 3.63) is 70.8 Å². The monoisotopic (exact) mass is 522 g/mol. The number of carbonyl (C=O) groups excluding carboxylic acids is 6. The second-order valence-corrected chi connectivity index (χ2v) is 8.46. The van der Waals surface area contributed by atoms with Gasteiger partial charge in [-0.05, 0) is 38.1 Å². The van der Waals surface area contributed by atoms with Gasteiger partial charge in [-0.25, -0.2) is 14.5 Å². The first kappa shape index (κ1) is 26.7. The summed E-state index contributed by atoms with van der Waals surface area (Å²) in [6.07, 6.45) is -0.460. The molecule has 0 saturated heterocycles. The smallest absolute Gasteiger partial charge is 0.344 e. The van der Waals surface area contributed by atoms with Crippen molar-refractivity contribution >= 4 is 35.6 Å². The van der Waals surface area contributed by atoms with Gasteiger partial charge in [0.2, 0.25) is 5.54 Å². The van der Waals surface area contributed by atoms with Gasteiger partial charge in [-0.2, -0.15) is 0 Å². The van der Waals surface area contributed by atoms with E-state index in [2.05, 4.69) is 0 Å². The van der Waals surface area contributed by atoms with Crippen LogP contribution in [0.15, 0.2) is 48.5 Å². The summed E-state index contributed by atoms with van der Waals surface area (Å²) < 4.78 is 15.9. The largest absolute Gasteiger partial charge is 0.464 e. The summed E-state index contributed by atoms with van der Waals surface area (Å²) in [5.41, 5.74) is -1.75. The molecule has 4 rings (SSSR count). The maximum Gasteiger partial charge on any atom is 0.344 e. The molecule has 11 nitrogen and oxygen atoms in total. The fourth-order valence-corrected chi connectivity index (χ4v) is 4.54.